The zero-order chi connectivity index (χ0) is 43.7. The van der Waals surface area contributed by atoms with Crippen LogP contribution in [0.2, 0.25) is 0 Å². The Kier molecular flexibility index (Phi) is 8.89. The number of benzene rings is 7. The molecule has 0 N–H and O–H groups in total. The SMILES string of the molecule is CC(C)(C)c1ccc(N2c3cc(N(c4ccccc4)c4ccccc4)ccc3B3c4c2cc(C(C)(C)C)cc4-n2c4cccc(C(C)(C)C)c4c4c(C(C)(C)C)ccc3c42)cc1. The second-order valence-electron chi connectivity index (χ2n) is 22.0. The molecule has 10 rings (SSSR count). The molecule has 0 bridgehead atoms. The summed E-state index contributed by atoms with van der Waals surface area (Å²) in [5, 5.41) is 2.79. The van der Waals surface area contributed by atoms with Gasteiger partial charge in [0.2, 0.25) is 0 Å². The standard InChI is InChI=1S/C58H60BN3/c1-55(2,3)37-26-28-41(29-27-37)61-48-36-42(60(39-20-15-13-16-21-39)40-22-17-14-18-23-40)30-32-45(48)59-46-33-31-44(58(10,11)12)52-51-43(57(7,8)9)24-19-25-47(51)62(54(46)52)50-35-38(56(4,5)6)34-49(61)53(50)59/h13-36H,1-12H3. The van der Waals surface area contributed by atoms with Gasteiger partial charge < -0.3 is 14.4 Å². The van der Waals surface area contributed by atoms with E-state index in [2.05, 4.69) is 243 Å². The molecule has 0 unspecified atom stereocenters. The fraction of sp³-hybridized carbons (Fsp3) is 0.276. The monoisotopic (exact) mass is 809 g/mol. The highest BCUT2D eigenvalue weighted by Crippen LogP contribution is 2.48. The molecule has 2 aliphatic heterocycles. The van der Waals surface area contributed by atoms with Crippen molar-refractivity contribution in [3.8, 4) is 5.69 Å². The molecule has 0 amide bonds. The Hall–Kier alpha value is -6.00. The Morgan fingerprint density at radius 2 is 0.984 bits per heavy atom. The van der Waals surface area contributed by atoms with E-state index in [1.165, 1.54) is 83.2 Å². The second-order valence-corrected chi connectivity index (χ2v) is 22.0. The van der Waals surface area contributed by atoms with E-state index in [-0.39, 0.29) is 28.4 Å². The van der Waals surface area contributed by atoms with Crippen molar-refractivity contribution in [3.05, 3.63) is 168 Å². The van der Waals surface area contributed by atoms with Crippen LogP contribution in [0, 0.1) is 0 Å². The molecule has 4 heteroatoms. The zero-order valence-corrected chi connectivity index (χ0v) is 38.8. The summed E-state index contributed by atoms with van der Waals surface area (Å²) in [4.78, 5) is 4.98. The molecule has 0 spiro atoms. The molecule has 0 saturated heterocycles. The van der Waals surface area contributed by atoms with Crippen molar-refractivity contribution in [1.29, 1.82) is 0 Å². The van der Waals surface area contributed by atoms with Gasteiger partial charge in [-0.3, -0.25) is 0 Å². The van der Waals surface area contributed by atoms with Crippen LogP contribution in [0.5, 0.6) is 0 Å². The molecular weight excluding hydrogens is 749 g/mol. The molecule has 62 heavy (non-hydrogen) atoms. The molecule has 3 nitrogen and oxygen atoms in total. The van der Waals surface area contributed by atoms with Crippen LogP contribution in [0.1, 0.15) is 105 Å². The molecule has 8 aromatic rings. The van der Waals surface area contributed by atoms with Gasteiger partial charge in [-0.2, -0.15) is 0 Å². The molecule has 0 radical (unpaired) electrons. The van der Waals surface area contributed by atoms with Crippen LogP contribution in [0.3, 0.4) is 0 Å². The number of hydrogen-bond acceptors (Lipinski definition) is 2. The molecule has 7 aromatic carbocycles. The van der Waals surface area contributed by atoms with Gasteiger partial charge in [-0.05, 0) is 127 Å². The number of aromatic nitrogens is 1. The third-order valence-corrected chi connectivity index (χ3v) is 13.5. The largest absolute Gasteiger partial charge is 0.311 e. The first-order valence-corrected chi connectivity index (χ1v) is 22.6. The van der Waals surface area contributed by atoms with Gasteiger partial charge in [-0.1, -0.05) is 162 Å². The lowest BCUT2D eigenvalue weighted by molar-refractivity contribution is 0.589. The smallest absolute Gasteiger partial charge is 0.252 e. The van der Waals surface area contributed by atoms with Crippen LogP contribution >= 0.6 is 0 Å². The number of fused-ring (bicyclic) bond motifs is 7. The highest BCUT2D eigenvalue weighted by Gasteiger charge is 2.44. The topological polar surface area (TPSA) is 11.4 Å². The van der Waals surface area contributed by atoms with Crippen LogP contribution in [-0.2, 0) is 21.7 Å². The minimum atomic E-state index is -0.103. The van der Waals surface area contributed by atoms with Crippen molar-refractivity contribution in [1.82, 2.24) is 4.57 Å². The Bertz CT molecular complexity index is 3000. The summed E-state index contributed by atoms with van der Waals surface area (Å²) < 4.78 is 2.67. The maximum Gasteiger partial charge on any atom is 0.252 e. The summed E-state index contributed by atoms with van der Waals surface area (Å²) in [6, 6.07) is 55.3. The average molecular weight is 810 g/mol. The first-order valence-electron chi connectivity index (χ1n) is 22.6. The zero-order valence-electron chi connectivity index (χ0n) is 38.8. The van der Waals surface area contributed by atoms with Crippen molar-refractivity contribution in [2.75, 3.05) is 9.80 Å². The highest BCUT2D eigenvalue weighted by atomic mass is 15.2. The van der Waals surface area contributed by atoms with Crippen molar-refractivity contribution >= 4 is 79.0 Å². The van der Waals surface area contributed by atoms with Crippen molar-refractivity contribution in [2.24, 2.45) is 0 Å². The molecule has 0 atom stereocenters. The van der Waals surface area contributed by atoms with E-state index in [4.69, 9.17) is 0 Å². The van der Waals surface area contributed by atoms with E-state index in [1.807, 2.05) is 0 Å². The number of hydrogen-bond donors (Lipinski definition) is 0. The Balaban J connectivity index is 1.36. The van der Waals surface area contributed by atoms with Crippen LogP contribution in [0.4, 0.5) is 34.1 Å². The number of anilines is 6. The summed E-state index contributed by atoms with van der Waals surface area (Å²) in [5.41, 5.74) is 20.3. The number of para-hydroxylation sites is 2. The van der Waals surface area contributed by atoms with E-state index >= 15 is 0 Å². The van der Waals surface area contributed by atoms with Gasteiger partial charge >= 0.3 is 0 Å². The van der Waals surface area contributed by atoms with E-state index in [9.17, 15) is 0 Å². The molecule has 1 aromatic heterocycles. The normalized spacial score (nSPS) is 13.7. The lowest BCUT2D eigenvalue weighted by Crippen LogP contribution is -2.60. The minimum Gasteiger partial charge on any atom is -0.311 e. The summed E-state index contributed by atoms with van der Waals surface area (Å²) in [7, 11) is 0. The lowest BCUT2D eigenvalue weighted by Gasteiger charge is -2.42. The fourth-order valence-electron chi connectivity index (χ4n) is 10.4. The summed E-state index contributed by atoms with van der Waals surface area (Å²) in [6.07, 6.45) is 0. The summed E-state index contributed by atoms with van der Waals surface area (Å²) in [6.45, 7) is 28.3. The average Bonchev–Trinajstić information content (AvgIpc) is 3.57. The predicted octanol–water partition coefficient (Wildman–Crippen LogP) is 14.1. The summed E-state index contributed by atoms with van der Waals surface area (Å²) >= 11 is 0. The van der Waals surface area contributed by atoms with E-state index in [0.29, 0.717) is 0 Å². The second kappa shape index (κ2) is 13.8. The first-order chi connectivity index (χ1) is 29.3. The third-order valence-electron chi connectivity index (χ3n) is 13.5. The molecule has 0 aliphatic carbocycles. The van der Waals surface area contributed by atoms with Crippen molar-refractivity contribution in [3.63, 3.8) is 0 Å². The maximum atomic E-state index is 2.67. The van der Waals surface area contributed by atoms with E-state index in [1.54, 1.807) is 0 Å². The Morgan fingerprint density at radius 3 is 1.56 bits per heavy atom. The first kappa shape index (κ1) is 40.1. The van der Waals surface area contributed by atoms with E-state index < -0.39 is 0 Å². The third kappa shape index (κ3) is 6.23. The molecule has 0 saturated carbocycles. The summed E-state index contributed by atoms with van der Waals surface area (Å²) in [5.74, 6) is 0. The predicted molar refractivity (Wildman–Crippen MR) is 270 cm³/mol. The maximum absolute atomic E-state index is 2.67. The van der Waals surface area contributed by atoms with Gasteiger partial charge in [0, 0.05) is 56.1 Å². The minimum absolute atomic E-state index is 0.0245. The number of nitrogens with zero attached hydrogens (tertiary/aromatic N) is 3. The molecule has 310 valence electrons. The molecule has 3 heterocycles. The fourth-order valence-corrected chi connectivity index (χ4v) is 10.4. The molecule has 0 fully saturated rings. The van der Waals surface area contributed by atoms with Gasteiger partial charge in [-0.15, -0.1) is 0 Å². The van der Waals surface area contributed by atoms with E-state index in [0.717, 1.165) is 17.1 Å². The molecule has 2 aliphatic rings. The van der Waals surface area contributed by atoms with Gasteiger partial charge in [-0.25, -0.2) is 0 Å². The van der Waals surface area contributed by atoms with Gasteiger partial charge in [0.15, 0.2) is 0 Å². The van der Waals surface area contributed by atoms with Gasteiger partial charge in [0.1, 0.15) is 0 Å². The van der Waals surface area contributed by atoms with Crippen LogP contribution < -0.4 is 26.2 Å². The lowest BCUT2D eigenvalue weighted by atomic mass is 9.33. The van der Waals surface area contributed by atoms with Crippen molar-refractivity contribution < 1.29 is 0 Å². The van der Waals surface area contributed by atoms with Crippen LogP contribution in [-0.4, -0.2) is 11.3 Å². The highest BCUT2D eigenvalue weighted by molar-refractivity contribution is 7.00. The molecular formula is C58H60BN3. The van der Waals surface area contributed by atoms with Gasteiger partial charge in [0.05, 0.1) is 5.52 Å². The Labute approximate surface area is 370 Å². The van der Waals surface area contributed by atoms with Crippen molar-refractivity contribution in [2.45, 2.75) is 105 Å². The Morgan fingerprint density at radius 1 is 0.419 bits per heavy atom. The van der Waals surface area contributed by atoms with Crippen LogP contribution in [0.15, 0.2) is 146 Å². The number of rotatable bonds is 4. The van der Waals surface area contributed by atoms with Gasteiger partial charge in [0.25, 0.3) is 6.71 Å². The quantitative estimate of drug-likeness (QED) is 0.164. The van der Waals surface area contributed by atoms with Crippen LogP contribution in [0.25, 0.3) is 27.5 Å².